The minimum absolute atomic E-state index is 0.00210. The molecule has 0 spiro atoms. The second-order valence-electron chi connectivity index (χ2n) is 7.74. The van der Waals surface area contributed by atoms with Gasteiger partial charge in [-0.2, -0.15) is 15.0 Å². The predicted octanol–water partition coefficient (Wildman–Crippen LogP) is 5.38. The van der Waals surface area contributed by atoms with Crippen LogP contribution in [-0.4, -0.2) is 26.9 Å². The molecule has 178 valence electrons. The van der Waals surface area contributed by atoms with Gasteiger partial charge in [0.25, 0.3) is 0 Å². The first-order valence-corrected chi connectivity index (χ1v) is 10.8. The molecule has 1 atom stereocenters. The average molecular weight is 476 g/mol. The molecule has 4 N–H and O–H groups in total. The van der Waals surface area contributed by atoms with Gasteiger partial charge in [-0.15, -0.1) is 0 Å². The van der Waals surface area contributed by atoms with Gasteiger partial charge in [0.05, 0.1) is 11.4 Å². The van der Waals surface area contributed by atoms with E-state index in [4.69, 9.17) is 0 Å². The summed E-state index contributed by atoms with van der Waals surface area (Å²) < 4.78 is 28.3. The standard InChI is InChI=1S/C25H23F2N7O/c1-15-8-7-9-17(14-15)29-22(35)16(2)28-23-32-24(30-20-12-5-3-10-18(20)26)34-25(33-23)31-21-13-6-4-11-19(21)27/h3-14,16H,1-2H3,(H,29,35)(H3,28,30,31,32,33,34). The monoisotopic (exact) mass is 475 g/mol. The lowest BCUT2D eigenvalue weighted by atomic mass is 10.2. The van der Waals surface area contributed by atoms with Crippen molar-refractivity contribution in [1.29, 1.82) is 0 Å². The lowest BCUT2D eigenvalue weighted by Crippen LogP contribution is -2.32. The van der Waals surface area contributed by atoms with Gasteiger partial charge in [-0.05, 0) is 55.8 Å². The normalized spacial score (nSPS) is 11.4. The molecule has 1 amide bonds. The maximum absolute atomic E-state index is 14.2. The summed E-state index contributed by atoms with van der Waals surface area (Å²) in [5.74, 6) is -1.29. The smallest absolute Gasteiger partial charge is 0.246 e. The third-order valence-electron chi connectivity index (χ3n) is 4.90. The van der Waals surface area contributed by atoms with Crippen LogP contribution in [0.1, 0.15) is 12.5 Å². The van der Waals surface area contributed by atoms with Crippen LogP contribution in [0, 0.1) is 18.6 Å². The number of aromatic nitrogens is 3. The summed E-state index contributed by atoms with van der Waals surface area (Å²) in [7, 11) is 0. The number of para-hydroxylation sites is 2. The maximum Gasteiger partial charge on any atom is 0.246 e. The summed E-state index contributed by atoms with van der Waals surface area (Å²) in [6.07, 6.45) is 0. The van der Waals surface area contributed by atoms with E-state index in [1.165, 1.54) is 24.3 Å². The molecule has 0 aliphatic rings. The lowest BCUT2D eigenvalue weighted by molar-refractivity contribution is -0.116. The Hall–Kier alpha value is -4.60. The average Bonchev–Trinajstić information content (AvgIpc) is 2.82. The molecule has 35 heavy (non-hydrogen) atoms. The van der Waals surface area contributed by atoms with Crippen LogP contribution < -0.4 is 21.3 Å². The molecule has 1 heterocycles. The summed E-state index contributed by atoms with van der Waals surface area (Å²) in [4.78, 5) is 25.4. The van der Waals surface area contributed by atoms with Crippen LogP contribution in [0.25, 0.3) is 0 Å². The first kappa shape index (κ1) is 23.6. The van der Waals surface area contributed by atoms with Gasteiger partial charge in [-0.25, -0.2) is 8.78 Å². The third kappa shape index (κ3) is 6.26. The van der Waals surface area contributed by atoms with Crippen molar-refractivity contribution in [3.05, 3.63) is 90.0 Å². The highest BCUT2D eigenvalue weighted by atomic mass is 19.1. The predicted molar refractivity (Wildman–Crippen MR) is 132 cm³/mol. The van der Waals surface area contributed by atoms with E-state index >= 15 is 0 Å². The van der Waals surface area contributed by atoms with Gasteiger partial charge < -0.3 is 21.3 Å². The van der Waals surface area contributed by atoms with Crippen molar-refractivity contribution in [3.8, 4) is 0 Å². The minimum atomic E-state index is -0.736. The topological polar surface area (TPSA) is 104 Å². The van der Waals surface area contributed by atoms with Crippen molar-refractivity contribution in [2.45, 2.75) is 19.9 Å². The first-order valence-electron chi connectivity index (χ1n) is 10.8. The Labute approximate surface area is 200 Å². The van der Waals surface area contributed by atoms with Gasteiger partial charge in [0, 0.05) is 5.69 Å². The van der Waals surface area contributed by atoms with Crippen molar-refractivity contribution in [2.75, 3.05) is 21.3 Å². The molecule has 1 aromatic heterocycles. The molecule has 3 aromatic carbocycles. The van der Waals surface area contributed by atoms with Gasteiger partial charge >= 0.3 is 0 Å². The van der Waals surface area contributed by atoms with Crippen LogP contribution >= 0.6 is 0 Å². The number of nitrogens with zero attached hydrogens (tertiary/aromatic N) is 3. The van der Waals surface area contributed by atoms with Gasteiger partial charge in [-0.1, -0.05) is 36.4 Å². The highest BCUT2D eigenvalue weighted by Gasteiger charge is 2.17. The molecule has 8 nitrogen and oxygen atoms in total. The number of rotatable bonds is 8. The summed E-state index contributed by atoms with van der Waals surface area (Å²) in [6.45, 7) is 3.57. The van der Waals surface area contributed by atoms with Crippen LogP contribution in [0.4, 0.5) is 43.7 Å². The van der Waals surface area contributed by atoms with Gasteiger partial charge in [-0.3, -0.25) is 4.79 Å². The number of halogens is 2. The van der Waals surface area contributed by atoms with Crippen molar-refractivity contribution in [1.82, 2.24) is 15.0 Å². The van der Waals surface area contributed by atoms with Gasteiger partial charge in [0.1, 0.15) is 17.7 Å². The summed E-state index contributed by atoms with van der Waals surface area (Å²) in [6, 6.07) is 18.7. The van der Waals surface area contributed by atoms with Crippen molar-refractivity contribution in [3.63, 3.8) is 0 Å². The summed E-state index contributed by atoms with van der Waals surface area (Å²) in [5, 5.41) is 11.3. The van der Waals surface area contributed by atoms with Crippen LogP contribution in [-0.2, 0) is 4.79 Å². The fourth-order valence-corrected chi connectivity index (χ4v) is 3.15. The Bertz CT molecular complexity index is 1280. The number of carbonyl (C=O) groups excluding carboxylic acids is 1. The van der Waals surface area contributed by atoms with Crippen LogP contribution in [0.5, 0.6) is 0 Å². The van der Waals surface area contributed by atoms with Gasteiger partial charge in [0.2, 0.25) is 23.8 Å². The SMILES string of the molecule is Cc1cccc(NC(=O)C(C)Nc2nc(Nc3ccccc3F)nc(Nc3ccccc3F)n2)c1. The van der Waals surface area contributed by atoms with Crippen LogP contribution in [0.2, 0.25) is 0 Å². The number of nitrogens with one attached hydrogen (secondary N) is 4. The lowest BCUT2D eigenvalue weighted by Gasteiger charge is -2.16. The second kappa shape index (κ2) is 10.6. The van der Waals surface area contributed by atoms with Crippen molar-refractivity contribution >= 4 is 40.8 Å². The molecule has 0 bridgehead atoms. The maximum atomic E-state index is 14.2. The van der Waals surface area contributed by atoms with E-state index in [1.807, 2.05) is 25.1 Å². The molecular weight excluding hydrogens is 452 g/mol. The number of amides is 1. The Balaban J connectivity index is 1.58. The molecular formula is C25H23F2N7O. The molecule has 0 saturated heterocycles. The number of carbonyl (C=O) groups is 1. The fraction of sp³-hybridized carbons (Fsp3) is 0.120. The number of benzene rings is 3. The quantitative estimate of drug-likeness (QED) is 0.271. The Morgan fingerprint density at radius 2 is 1.31 bits per heavy atom. The zero-order valence-corrected chi connectivity index (χ0v) is 19.0. The molecule has 0 radical (unpaired) electrons. The zero-order valence-electron chi connectivity index (χ0n) is 19.0. The van der Waals surface area contributed by atoms with E-state index in [9.17, 15) is 13.6 Å². The van der Waals surface area contributed by atoms with Crippen LogP contribution in [0.15, 0.2) is 72.8 Å². The highest BCUT2D eigenvalue weighted by Crippen LogP contribution is 2.22. The number of anilines is 6. The zero-order chi connectivity index (χ0) is 24.8. The van der Waals surface area contributed by atoms with Crippen molar-refractivity contribution < 1.29 is 13.6 Å². The largest absolute Gasteiger partial charge is 0.342 e. The highest BCUT2D eigenvalue weighted by molar-refractivity contribution is 5.96. The molecule has 1 unspecified atom stereocenters. The number of hydrogen-bond acceptors (Lipinski definition) is 7. The molecule has 4 aromatic rings. The number of hydrogen-bond donors (Lipinski definition) is 4. The van der Waals surface area contributed by atoms with E-state index in [0.717, 1.165) is 5.56 Å². The van der Waals surface area contributed by atoms with E-state index < -0.39 is 17.7 Å². The number of aryl methyl sites for hydroxylation is 1. The Kier molecular flexibility index (Phi) is 7.10. The third-order valence-corrected chi connectivity index (χ3v) is 4.90. The van der Waals surface area contributed by atoms with E-state index in [2.05, 4.69) is 36.2 Å². The Morgan fingerprint density at radius 1 is 0.771 bits per heavy atom. The van der Waals surface area contributed by atoms with E-state index in [1.54, 1.807) is 37.3 Å². The summed E-state index contributed by atoms with van der Waals surface area (Å²) in [5.41, 5.74) is 1.95. The van der Waals surface area contributed by atoms with E-state index in [0.29, 0.717) is 5.69 Å². The van der Waals surface area contributed by atoms with Crippen LogP contribution in [0.3, 0.4) is 0 Å². The molecule has 4 rings (SSSR count). The Morgan fingerprint density at radius 3 is 1.86 bits per heavy atom. The van der Waals surface area contributed by atoms with E-state index in [-0.39, 0.29) is 35.1 Å². The molecule has 0 aliphatic heterocycles. The molecule has 0 saturated carbocycles. The fourth-order valence-electron chi connectivity index (χ4n) is 3.15. The second-order valence-corrected chi connectivity index (χ2v) is 7.74. The minimum Gasteiger partial charge on any atom is -0.342 e. The first-order chi connectivity index (χ1) is 16.9. The molecule has 10 heteroatoms. The molecule has 0 fully saturated rings. The summed E-state index contributed by atoms with van der Waals surface area (Å²) >= 11 is 0. The van der Waals surface area contributed by atoms with Gasteiger partial charge in [0.15, 0.2) is 0 Å². The molecule has 0 aliphatic carbocycles. The van der Waals surface area contributed by atoms with Crippen molar-refractivity contribution in [2.24, 2.45) is 0 Å².